The highest BCUT2D eigenvalue weighted by molar-refractivity contribution is 5.97. The zero-order valence-corrected chi connectivity index (χ0v) is 19.3. The predicted octanol–water partition coefficient (Wildman–Crippen LogP) is 2.28. The lowest BCUT2D eigenvalue weighted by molar-refractivity contribution is -0.134. The van der Waals surface area contributed by atoms with Crippen LogP contribution in [0.3, 0.4) is 0 Å². The molecular formula is C24H28N2O7. The quantitative estimate of drug-likeness (QED) is 0.563. The number of ether oxygens (including phenoxy) is 4. The first-order valence-electron chi connectivity index (χ1n) is 10.5. The van der Waals surface area contributed by atoms with Gasteiger partial charge in [-0.25, -0.2) is 0 Å². The molecule has 0 saturated carbocycles. The summed E-state index contributed by atoms with van der Waals surface area (Å²) in [5, 5.41) is 0. The van der Waals surface area contributed by atoms with Gasteiger partial charge in [-0.2, -0.15) is 0 Å². The smallest absolute Gasteiger partial charge is 0.260 e. The molecule has 1 aliphatic heterocycles. The minimum absolute atomic E-state index is 0.0874. The predicted molar refractivity (Wildman–Crippen MR) is 121 cm³/mol. The highest BCUT2D eigenvalue weighted by Gasteiger charge is 2.27. The molecule has 0 N–H and O–H groups in total. The van der Waals surface area contributed by atoms with E-state index in [1.807, 2.05) is 0 Å². The number of hydrogen-bond donors (Lipinski definition) is 0. The van der Waals surface area contributed by atoms with Crippen molar-refractivity contribution in [1.29, 1.82) is 0 Å². The van der Waals surface area contributed by atoms with Gasteiger partial charge in [-0.15, -0.1) is 0 Å². The molecule has 1 saturated heterocycles. The molecule has 176 valence electrons. The highest BCUT2D eigenvalue weighted by atomic mass is 16.5. The molecule has 1 aliphatic rings. The number of amides is 2. The van der Waals surface area contributed by atoms with E-state index in [4.69, 9.17) is 18.9 Å². The van der Waals surface area contributed by atoms with Crippen LogP contribution in [0.5, 0.6) is 23.0 Å². The van der Waals surface area contributed by atoms with E-state index in [1.165, 1.54) is 21.1 Å². The molecule has 0 aliphatic carbocycles. The topological polar surface area (TPSA) is 94.6 Å². The molecular weight excluding hydrogens is 428 g/mol. The Balaban J connectivity index is 1.56. The standard InChI is InChI=1S/C24H28N2O7/c1-16(27)17-5-8-20(22(13-17)32-4)33-15-23(28)25-9-11-26(12-10-25)24(29)19-7-6-18(30-2)14-21(19)31-3/h5-8,13-14H,9-12,15H2,1-4H3. The van der Waals surface area contributed by atoms with Crippen LogP contribution in [0.15, 0.2) is 36.4 Å². The number of methoxy groups -OCH3 is 3. The molecule has 1 fully saturated rings. The van der Waals surface area contributed by atoms with Crippen molar-refractivity contribution in [3.8, 4) is 23.0 Å². The van der Waals surface area contributed by atoms with E-state index in [2.05, 4.69) is 0 Å². The van der Waals surface area contributed by atoms with Crippen LogP contribution in [0, 0.1) is 0 Å². The average Bonchev–Trinajstić information content (AvgIpc) is 2.86. The molecule has 2 aromatic rings. The number of rotatable bonds is 8. The number of carbonyl (C=O) groups excluding carboxylic acids is 3. The molecule has 0 aromatic heterocycles. The van der Waals surface area contributed by atoms with Crippen molar-refractivity contribution in [2.75, 3.05) is 54.1 Å². The molecule has 0 radical (unpaired) electrons. The van der Waals surface area contributed by atoms with Crippen LogP contribution < -0.4 is 18.9 Å². The van der Waals surface area contributed by atoms with Crippen LogP contribution in [0.1, 0.15) is 27.6 Å². The van der Waals surface area contributed by atoms with Crippen molar-refractivity contribution in [2.45, 2.75) is 6.92 Å². The second-order valence-electron chi connectivity index (χ2n) is 7.45. The third kappa shape index (κ3) is 5.54. The van der Waals surface area contributed by atoms with Gasteiger partial charge in [0.2, 0.25) is 0 Å². The number of Topliss-reactive ketones (excluding diaryl/α,β-unsaturated/α-hetero) is 1. The van der Waals surface area contributed by atoms with Gasteiger partial charge < -0.3 is 28.7 Å². The Labute approximate surface area is 192 Å². The van der Waals surface area contributed by atoms with E-state index < -0.39 is 0 Å². The minimum Gasteiger partial charge on any atom is -0.497 e. The van der Waals surface area contributed by atoms with Gasteiger partial charge in [-0.05, 0) is 37.3 Å². The summed E-state index contributed by atoms with van der Waals surface area (Å²) in [6, 6.07) is 9.88. The van der Waals surface area contributed by atoms with Crippen molar-refractivity contribution in [1.82, 2.24) is 9.80 Å². The fraction of sp³-hybridized carbons (Fsp3) is 0.375. The molecule has 0 atom stereocenters. The molecule has 9 nitrogen and oxygen atoms in total. The normalized spacial score (nSPS) is 13.3. The van der Waals surface area contributed by atoms with E-state index >= 15 is 0 Å². The number of nitrogens with zero attached hydrogens (tertiary/aromatic N) is 2. The van der Waals surface area contributed by atoms with Gasteiger partial charge in [-0.3, -0.25) is 14.4 Å². The Morgan fingerprint density at radius 3 is 2.06 bits per heavy atom. The number of hydrogen-bond acceptors (Lipinski definition) is 7. The zero-order chi connectivity index (χ0) is 24.0. The summed E-state index contributed by atoms with van der Waals surface area (Å²) in [7, 11) is 4.53. The largest absolute Gasteiger partial charge is 0.497 e. The van der Waals surface area contributed by atoms with Crippen LogP contribution in [-0.2, 0) is 4.79 Å². The Morgan fingerprint density at radius 2 is 1.45 bits per heavy atom. The number of carbonyl (C=O) groups is 3. The summed E-state index contributed by atoms with van der Waals surface area (Å²) in [5.41, 5.74) is 0.947. The third-order valence-corrected chi connectivity index (χ3v) is 5.48. The van der Waals surface area contributed by atoms with Gasteiger partial charge in [0.1, 0.15) is 11.5 Å². The van der Waals surface area contributed by atoms with E-state index in [1.54, 1.807) is 53.3 Å². The molecule has 3 rings (SSSR count). The van der Waals surface area contributed by atoms with Crippen molar-refractivity contribution in [2.24, 2.45) is 0 Å². The molecule has 0 spiro atoms. The lowest BCUT2D eigenvalue weighted by Gasteiger charge is -2.35. The monoisotopic (exact) mass is 456 g/mol. The van der Waals surface area contributed by atoms with Crippen molar-refractivity contribution >= 4 is 17.6 Å². The highest BCUT2D eigenvalue weighted by Crippen LogP contribution is 2.29. The van der Waals surface area contributed by atoms with Gasteiger partial charge in [0.15, 0.2) is 23.9 Å². The van der Waals surface area contributed by atoms with E-state index in [-0.39, 0.29) is 24.2 Å². The fourth-order valence-corrected chi connectivity index (χ4v) is 3.54. The first kappa shape index (κ1) is 23.9. The maximum absolute atomic E-state index is 13.0. The molecule has 2 amide bonds. The first-order valence-corrected chi connectivity index (χ1v) is 10.5. The second-order valence-corrected chi connectivity index (χ2v) is 7.45. The van der Waals surface area contributed by atoms with Gasteiger partial charge >= 0.3 is 0 Å². The van der Waals surface area contributed by atoms with Crippen LogP contribution in [-0.4, -0.2) is 81.5 Å². The summed E-state index contributed by atoms with van der Waals surface area (Å²) in [6.45, 7) is 2.89. The average molecular weight is 456 g/mol. The maximum Gasteiger partial charge on any atom is 0.260 e. The summed E-state index contributed by atoms with van der Waals surface area (Å²) in [4.78, 5) is 40.5. The minimum atomic E-state index is -0.193. The Kier molecular flexibility index (Phi) is 7.76. The molecule has 0 bridgehead atoms. The van der Waals surface area contributed by atoms with E-state index in [0.717, 1.165) is 0 Å². The van der Waals surface area contributed by atoms with Gasteiger partial charge in [0.25, 0.3) is 11.8 Å². The van der Waals surface area contributed by atoms with Gasteiger partial charge in [0.05, 0.1) is 26.9 Å². The summed E-state index contributed by atoms with van der Waals surface area (Å²) in [6.07, 6.45) is 0. The Morgan fingerprint density at radius 1 is 0.788 bits per heavy atom. The second kappa shape index (κ2) is 10.7. The van der Waals surface area contributed by atoms with E-state index in [0.29, 0.717) is 60.3 Å². The SMILES string of the molecule is COc1ccc(C(=O)N2CCN(C(=O)COc3ccc(C(C)=O)cc3OC)CC2)c(OC)c1. The number of benzene rings is 2. The van der Waals surface area contributed by atoms with Gasteiger partial charge in [0, 0.05) is 37.8 Å². The molecule has 33 heavy (non-hydrogen) atoms. The molecule has 2 aromatic carbocycles. The first-order chi connectivity index (χ1) is 15.9. The summed E-state index contributed by atoms with van der Waals surface area (Å²) >= 11 is 0. The Hall–Kier alpha value is -3.75. The number of ketones is 1. The number of piperazine rings is 1. The summed E-state index contributed by atoms with van der Waals surface area (Å²) in [5.74, 6) is 1.38. The Bertz CT molecular complexity index is 1030. The van der Waals surface area contributed by atoms with E-state index in [9.17, 15) is 14.4 Å². The third-order valence-electron chi connectivity index (χ3n) is 5.48. The van der Waals surface area contributed by atoms with Crippen molar-refractivity contribution < 1.29 is 33.3 Å². The van der Waals surface area contributed by atoms with Crippen molar-refractivity contribution in [3.63, 3.8) is 0 Å². The molecule has 9 heteroatoms. The summed E-state index contributed by atoms with van der Waals surface area (Å²) < 4.78 is 21.4. The molecule has 1 heterocycles. The molecule has 0 unspecified atom stereocenters. The maximum atomic E-state index is 13.0. The van der Waals surface area contributed by atoms with Crippen LogP contribution in [0.2, 0.25) is 0 Å². The lowest BCUT2D eigenvalue weighted by atomic mass is 10.1. The van der Waals surface area contributed by atoms with Crippen LogP contribution >= 0.6 is 0 Å². The zero-order valence-electron chi connectivity index (χ0n) is 19.3. The van der Waals surface area contributed by atoms with Crippen LogP contribution in [0.25, 0.3) is 0 Å². The van der Waals surface area contributed by atoms with Crippen molar-refractivity contribution in [3.05, 3.63) is 47.5 Å². The fourth-order valence-electron chi connectivity index (χ4n) is 3.54. The van der Waals surface area contributed by atoms with Crippen LogP contribution in [0.4, 0.5) is 0 Å². The van der Waals surface area contributed by atoms with Gasteiger partial charge in [-0.1, -0.05) is 0 Å². The lowest BCUT2D eigenvalue weighted by Crippen LogP contribution is -2.51.